The highest BCUT2D eigenvalue weighted by Gasteiger charge is 2.24. The number of hydrogen-bond donors (Lipinski definition) is 2. The Balaban J connectivity index is 1.79. The van der Waals surface area contributed by atoms with Crippen molar-refractivity contribution >= 4 is 23.6 Å². The summed E-state index contributed by atoms with van der Waals surface area (Å²) in [6.45, 7) is 0.300. The first kappa shape index (κ1) is 19.6. The maximum absolute atomic E-state index is 12.5. The maximum Gasteiger partial charge on any atom is 0.293 e. The fourth-order valence-corrected chi connectivity index (χ4v) is 2.33. The van der Waals surface area contributed by atoms with E-state index in [0.29, 0.717) is 17.8 Å². The number of aromatic nitrogens is 5. The molecule has 14 nitrogen and oxygen atoms in total. The van der Waals surface area contributed by atoms with Crippen molar-refractivity contribution in [3.05, 3.63) is 51.3 Å². The number of carbonyl (C=O) groups excluding carboxylic acids is 1. The molecular formula is C15H16N10O4. The number of carbonyl (C=O) groups is 1. The van der Waals surface area contributed by atoms with Crippen molar-refractivity contribution in [1.29, 1.82) is 0 Å². The van der Waals surface area contributed by atoms with Crippen LogP contribution in [-0.2, 0) is 6.54 Å². The molecule has 1 aromatic carbocycles. The molecule has 3 rings (SSSR count). The Morgan fingerprint density at radius 2 is 2.10 bits per heavy atom. The summed E-state index contributed by atoms with van der Waals surface area (Å²) in [4.78, 5) is 24.5. The molecule has 0 unspecified atom stereocenters. The van der Waals surface area contributed by atoms with Gasteiger partial charge in [-0.25, -0.2) is 10.1 Å². The molecule has 0 saturated heterocycles. The van der Waals surface area contributed by atoms with E-state index in [-0.39, 0.29) is 23.0 Å². The van der Waals surface area contributed by atoms with E-state index in [1.54, 1.807) is 19.0 Å². The summed E-state index contributed by atoms with van der Waals surface area (Å²) in [5.74, 6) is -0.498. The van der Waals surface area contributed by atoms with Gasteiger partial charge in [0.25, 0.3) is 11.6 Å². The molecule has 0 bridgehead atoms. The first-order valence-corrected chi connectivity index (χ1v) is 8.12. The summed E-state index contributed by atoms with van der Waals surface area (Å²) in [6, 6.07) is 5.67. The molecule has 1 amide bonds. The van der Waals surface area contributed by atoms with Gasteiger partial charge in [-0.2, -0.15) is 9.78 Å². The molecule has 0 aliphatic carbocycles. The van der Waals surface area contributed by atoms with Crippen LogP contribution in [0.1, 0.15) is 21.7 Å². The Hall–Kier alpha value is -4.20. The predicted octanol–water partition coefficient (Wildman–Crippen LogP) is -0.0338. The third-order valence-electron chi connectivity index (χ3n) is 3.62. The number of nitrogens with one attached hydrogen (secondary N) is 1. The van der Waals surface area contributed by atoms with Crippen molar-refractivity contribution in [1.82, 2.24) is 35.6 Å². The van der Waals surface area contributed by atoms with Crippen LogP contribution in [0.5, 0.6) is 0 Å². The monoisotopic (exact) mass is 400 g/mol. The Kier molecular flexibility index (Phi) is 5.54. The Labute approximate surface area is 163 Å². The van der Waals surface area contributed by atoms with Crippen molar-refractivity contribution in [3.8, 4) is 5.82 Å². The number of nitrogens with two attached hydrogens (primary N) is 1. The van der Waals surface area contributed by atoms with Gasteiger partial charge in [-0.15, -0.1) is 5.10 Å². The highest BCUT2D eigenvalue weighted by Crippen LogP contribution is 2.17. The topological polar surface area (TPSA) is 183 Å². The lowest BCUT2D eigenvalue weighted by Crippen LogP contribution is -2.23. The number of rotatable bonds is 7. The van der Waals surface area contributed by atoms with E-state index in [1.807, 2.05) is 0 Å². The minimum absolute atomic E-state index is 0.00180. The zero-order valence-corrected chi connectivity index (χ0v) is 15.4. The van der Waals surface area contributed by atoms with Gasteiger partial charge in [-0.3, -0.25) is 14.9 Å². The molecule has 0 aliphatic heterocycles. The molecule has 0 atom stereocenters. The van der Waals surface area contributed by atoms with E-state index in [4.69, 9.17) is 5.73 Å². The minimum atomic E-state index is -0.610. The van der Waals surface area contributed by atoms with E-state index in [9.17, 15) is 14.9 Å². The van der Waals surface area contributed by atoms with E-state index in [0.717, 1.165) is 0 Å². The summed E-state index contributed by atoms with van der Waals surface area (Å²) in [7, 11) is 3.60. The number of nitro benzene ring substituents is 1. The van der Waals surface area contributed by atoms with E-state index in [2.05, 4.69) is 35.8 Å². The number of non-ortho nitro benzene ring substituents is 1. The molecule has 2 aromatic heterocycles. The molecule has 14 heteroatoms. The van der Waals surface area contributed by atoms with Crippen LogP contribution in [0.15, 0.2) is 34.0 Å². The van der Waals surface area contributed by atoms with E-state index >= 15 is 0 Å². The van der Waals surface area contributed by atoms with Gasteiger partial charge in [-0.05, 0) is 42.1 Å². The van der Waals surface area contributed by atoms with Crippen LogP contribution in [0.2, 0.25) is 0 Å². The normalized spacial score (nSPS) is 11.3. The first-order valence-electron chi connectivity index (χ1n) is 8.12. The molecule has 0 saturated carbocycles. The molecular weight excluding hydrogens is 384 g/mol. The zero-order valence-electron chi connectivity index (χ0n) is 15.4. The molecule has 0 radical (unpaired) electrons. The average Bonchev–Trinajstić information content (AvgIpc) is 3.27. The van der Waals surface area contributed by atoms with Gasteiger partial charge in [0.2, 0.25) is 11.6 Å². The molecule has 29 heavy (non-hydrogen) atoms. The largest absolute Gasteiger partial charge is 0.378 e. The number of hydrazone groups is 1. The van der Waals surface area contributed by atoms with Crippen molar-refractivity contribution in [2.45, 2.75) is 6.54 Å². The smallest absolute Gasteiger partial charge is 0.293 e. The lowest BCUT2D eigenvalue weighted by atomic mass is 10.2. The van der Waals surface area contributed by atoms with Gasteiger partial charge in [0, 0.05) is 18.7 Å². The Morgan fingerprint density at radius 3 is 2.69 bits per heavy atom. The number of amides is 1. The second kappa shape index (κ2) is 8.22. The Morgan fingerprint density at radius 1 is 1.38 bits per heavy atom. The fraction of sp³-hybridized carbons (Fsp3) is 0.200. The van der Waals surface area contributed by atoms with Gasteiger partial charge < -0.3 is 10.6 Å². The fourth-order valence-electron chi connectivity index (χ4n) is 2.33. The van der Waals surface area contributed by atoms with Crippen molar-refractivity contribution in [2.75, 3.05) is 19.8 Å². The number of nitrogen functional groups attached to an aromatic ring is 1. The predicted molar refractivity (Wildman–Crippen MR) is 99.2 cm³/mol. The maximum atomic E-state index is 12.5. The minimum Gasteiger partial charge on any atom is -0.378 e. The van der Waals surface area contributed by atoms with Crippen LogP contribution in [0.3, 0.4) is 0 Å². The SMILES string of the molecule is CN(C)Cc1c(C(=O)NN=Cc2ccc([N+](=O)[O-])cc2)nnn1-c1nonc1N. The molecule has 0 spiro atoms. The van der Waals surface area contributed by atoms with Crippen LogP contribution in [0.4, 0.5) is 11.5 Å². The van der Waals surface area contributed by atoms with Gasteiger partial charge in [0.1, 0.15) is 0 Å². The highest BCUT2D eigenvalue weighted by molar-refractivity contribution is 5.94. The third-order valence-corrected chi connectivity index (χ3v) is 3.62. The van der Waals surface area contributed by atoms with Crippen molar-refractivity contribution in [2.24, 2.45) is 5.10 Å². The summed E-state index contributed by atoms with van der Waals surface area (Å²) >= 11 is 0. The van der Waals surface area contributed by atoms with Gasteiger partial charge >= 0.3 is 0 Å². The quantitative estimate of drug-likeness (QED) is 0.310. The van der Waals surface area contributed by atoms with Gasteiger partial charge in [0.05, 0.1) is 16.8 Å². The highest BCUT2D eigenvalue weighted by atomic mass is 16.6. The van der Waals surface area contributed by atoms with Crippen LogP contribution in [-0.4, -0.2) is 61.3 Å². The molecule has 150 valence electrons. The second-order valence-electron chi connectivity index (χ2n) is 6.06. The third kappa shape index (κ3) is 4.38. The van der Waals surface area contributed by atoms with Gasteiger partial charge in [-0.1, -0.05) is 5.21 Å². The molecule has 2 heterocycles. The average molecular weight is 400 g/mol. The van der Waals surface area contributed by atoms with Crippen molar-refractivity contribution < 1.29 is 14.3 Å². The number of benzene rings is 1. The van der Waals surface area contributed by atoms with Crippen LogP contribution >= 0.6 is 0 Å². The first-order chi connectivity index (χ1) is 13.9. The number of nitro groups is 1. The zero-order chi connectivity index (χ0) is 21.0. The number of nitrogens with zero attached hydrogens (tertiary/aromatic N) is 8. The van der Waals surface area contributed by atoms with Crippen LogP contribution < -0.4 is 11.2 Å². The second-order valence-corrected chi connectivity index (χ2v) is 6.06. The summed E-state index contributed by atoms with van der Waals surface area (Å²) in [5, 5.41) is 29.5. The van der Waals surface area contributed by atoms with Crippen LogP contribution in [0, 0.1) is 10.1 Å². The molecule has 0 aliphatic rings. The lowest BCUT2D eigenvalue weighted by molar-refractivity contribution is -0.384. The summed E-state index contributed by atoms with van der Waals surface area (Å²) in [5.41, 5.74) is 8.98. The standard InChI is InChI=1S/C15H16N10O4/c1-23(2)8-11-12(18-22-24(11)14-13(16)20-29-21-14)15(26)19-17-7-9-3-5-10(6-4-9)25(27)28/h3-7H,8H2,1-2H3,(H2,16,20)(H,19,26). The van der Waals surface area contributed by atoms with Crippen molar-refractivity contribution in [3.63, 3.8) is 0 Å². The van der Waals surface area contributed by atoms with E-state index < -0.39 is 10.8 Å². The summed E-state index contributed by atoms with van der Waals surface area (Å²) < 4.78 is 5.84. The number of hydrogen-bond acceptors (Lipinski definition) is 11. The van der Waals surface area contributed by atoms with Crippen LogP contribution in [0.25, 0.3) is 5.82 Å². The van der Waals surface area contributed by atoms with E-state index in [1.165, 1.54) is 35.2 Å². The molecule has 3 N–H and O–H groups in total. The molecule has 0 fully saturated rings. The lowest BCUT2D eigenvalue weighted by Gasteiger charge is -2.11. The Bertz CT molecular complexity index is 1050. The number of anilines is 1. The molecule has 3 aromatic rings. The van der Waals surface area contributed by atoms with Gasteiger partial charge in [0.15, 0.2) is 5.69 Å². The summed E-state index contributed by atoms with van der Waals surface area (Å²) in [6.07, 6.45) is 1.34.